The van der Waals surface area contributed by atoms with Crippen molar-refractivity contribution in [3.05, 3.63) is 0 Å². The maximum atomic E-state index is 5.53. The maximum absolute atomic E-state index is 5.53. The smallest absolute Gasteiger partial charge is 0.0568 e. The Morgan fingerprint density at radius 3 is 2.50 bits per heavy atom. The van der Waals surface area contributed by atoms with E-state index in [9.17, 15) is 0 Å². The number of ether oxygens (including phenoxy) is 1. The van der Waals surface area contributed by atoms with Crippen LogP contribution in [0.5, 0.6) is 0 Å². The molecule has 0 aromatic heterocycles. The number of methoxy groups -OCH3 is 1. The Morgan fingerprint density at radius 1 is 1.40 bits per heavy atom. The van der Waals surface area contributed by atoms with E-state index in [1.807, 2.05) is 0 Å². The summed E-state index contributed by atoms with van der Waals surface area (Å²) in [6.45, 7) is 2.15. The standard InChI is InChI=1S/C8H17ClO/c1-3-8(10-2)6-4-5-7-9/h8H,3-7H2,1-2H3. The first-order valence-electron chi connectivity index (χ1n) is 3.93. The van der Waals surface area contributed by atoms with Crippen molar-refractivity contribution < 1.29 is 4.74 Å². The van der Waals surface area contributed by atoms with Crippen LogP contribution in [0.1, 0.15) is 32.6 Å². The largest absolute Gasteiger partial charge is 0.381 e. The molecule has 2 heteroatoms. The van der Waals surface area contributed by atoms with Crippen LogP contribution in [0.3, 0.4) is 0 Å². The van der Waals surface area contributed by atoms with Gasteiger partial charge in [-0.05, 0) is 25.7 Å². The summed E-state index contributed by atoms with van der Waals surface area (Å²) in [6, 6.07) is 0. The monoisotopic (exact) mass is 164 g/mol. The minimum Gasteiger partial charge on any atom is -0.381 e. The van der Waals surface area contributed by atoms with Crippen molar-refractivity contribution in [2.75, 3.05) is 13.0 Å². The second-order valence-corrected chi connectivity index (χ2v) is 2.83. The second-order valence-electron chi connectivity index (χ2n) is 2.45. The molecule has 0 spiro atoms. The van der Waals surface area contributed by atoms with Gasteiger partial charge in [0.25, 0.3) is 0 Å². The molecule has 0 saturated heterocycles. The molecule has 10 heavy (non-hydrogen) atoms. The van der Waals surface area contributed by atoms with E-state index in [4.69, 9.17) is 16.3 Å². The quantitative estimate of drug-likeness (QED) is 0.434. The summed E-state index contributed by atoms with van der Waals surface area (Å²) in [6.07, 6.45) is 5.01. The zero-order valence-corrected chi connectivity index (χ0v) is 7.66. The first kappa shape index (κ1) is 10.2. The van der Waals surface area contributed by atoms with E-state index >= 15 is 0 Å². The van der Waals surface area contributed by atoms with Gasteiger partial charge >= 0.3 is 0 Å². The zero-order chi connectivity index (χ0) is 7.82. The van der Waals surface area contributed by atoms with Gasteiger partial charge in [-0.25, -0.2) is 0 Å². The first-order valence-corrected chi connectivity index (χ1v) is 4.47. The lowest BCUT2D eigenvalue weighted by molar-refractivity contribution is 0.0903. The molecule has 0 aromatic carbocycles. The van der Waals surface area contributed by atoms with Crippen LogP contribution in [-0.2, 0) is 4.74 Å². The summed E-state index contributed by atoms with van der Waals surface area (Å²) in [7, 11) is 1.77. The second kappa shape index (κ2) is 7.36. The van der Waals surface area contributed by atoms with Crippen LogP contribution in [0.2, 0.25) is 0 Å². The SMILES string of the molecule is CCC(CCCCCl)OC. The van der Waals surface area contributed by atoms with Crippen LogP contribution >= 0.6 is 11.6 Å². The predicted octanol–water partition coefficient (Wildman–Crippen LogP) is 2.82. The molecule has 1 atom stereocenters. The molecule has 1 nitrogen and oxygen atoms in total. The van der Waals surface area contributed by atoms with Gasteiger partial charge in [-0.2, -0.15) is 0 Å². The molecular formula is C8H17ClO. The molecular weight excluding hydrogens is 148 g/mol. The fourth-order valence-electron chi connectivity index (χ4n) is 0.955. The van der Waals surface area contributed by atoms with Gasteiger partial charge in [-0.3, -0.25) is 0 Å². The van der Waals surface area contributed by atoms with E-state index in [1.54, 1.807) is 7.11 Å². The fraction of sp³-hybridized carbons (Fsp3) is 1.00. The van der Waals surface area contributed by atoms with E-state index in [-0.39, 0.29) is 0 Å². The molecule has 62 valence electrons. The van der Waals surface area contributed by atoms with Crippen molar-refractivity contribution in [1.29, 1.82) is 0 Å². The zero-order valence-electron chi connectivity index (χ0n) is 6.90. The summed E-state index contributed by atoms with van der Waals surface area (Å²) in [5, 5.41) is 0. The number of unbranched alkanes of at least 4 members (excludes halogenated alkanes) is 1. The Morgan fingerprint density at radius 2 is 2.10 bits per heavy atom. The molecule has 0 saturated carbocycles. The Labute approximate surface area is 68.7 Å². The molecule has 0 heterocycles. The Bertz CT molecular complexity index is 62.3. The topological polar surface area (TPSA) is 9.23 Å². The van der Waals surface area contributed by atoms with E-state index < -0.39 is 0 Å². The van der Waals surface area contributed by atoms with Gasteiger partial charge in [0.15, 0.2) is 0 Å². The van der Waals surface area contributed by atoms with Crippen LogP contribution in [-0.4, -0.2) is 19.1 Å². The molecule has 0 bridgehead atoms. The number of hydrogen-bond donors (Lipinski definition) is 0. The van der Waals surface area contributed by atoms with Gasteiger partial charge in [0, 0.05) is 13.0 Å². The van der Waals surface area contributed by atoms with Crippen molar-refractivity contribution in [1.82, 2.24) is 0 Å². The van der Waals surface area contributed by atoms with Crippen molar-refractivity contribution in [2.45, 2.75) is 38.7 Å². The molecule has 0 aromatic rings. The van der Waals surface area contributed by atoms with Crippen molar-refractivity contribution in [2.24, 2.45) is 0 Å². The normalized spacial score (nSPS) is 13.5. The third-order valence-corrected chi connectivity index (χ3v) is 1.97. The van der Waals surface area contributed by atoms with E-state index in [2.05, 4.69) is 6.92 Å². The Balaban J connectivity index is 3.09. The molecule has 0 aliphatic rings. The van der Waals surface area contributed by atoms with E-state index in [0.29, 0.717) is 6.10 Å². The molecule has 0 fully saturated rings. The average molecular weight is 165 g/mol. The van der Waals surface area contributed by atoms with Gasteiger partial charge in [-0.1, -0.05) is 6.92 Å². The third-order valence-electron chi connectivity index (χ3n) is 1.70. The average Bonchev–Trinajstić information content (AvgIpc) is 1.99. The van der Waals surface area contributed by atoms with Gasteiger partial charge in [0.1, 0.15) is 0 Å². The minimum absolute atomic E-state index is 0.447. The van der Waals surface area contributed by atoms with Crippen LogP contribution in [0.15, 0.2) is 0 Å². The summed E-state index contributed by atoms with van der Waals surface area (Å²) in [4.78, 5) is 0. The van der Waals surface area contributed by atoms with Gasteiger partial charge < -0.3 is 4.74 Å². The summed E-state index contributed by atoms with van der Waals surface area (Å²) in [5.74, 6) is 0.778. The van der Waals surface area contributed by atoms with Gasteiger partial charge in [0.2, 0.25) is 0 Å². The summed E-state index contributed by atoms with van der Waals surface area (Å²) >= 11 is 5.53. The third kappa shape index (κ3) is 5.07. The van der Waals surface area contributed by atoms with Gasteiger partial charge in [0.05, 0.1) is 6.10 Å². The fourth-order valence-corrected chi connectivity index (χ4v) is 1.14. The van der Waals surface area contributed by atoms with Crippen LogP contribution in [0.25, 0.3) is 0 Å². The lowest BCUT2D eigenvalue weighted by Gasteiger charge is -2.11. The highest BCUT2D eigenvalue weighted by atomic mass is 35.5. The minimum atomic E-state index is 0.447. The van der Waals surface area contributed by atoms with Crippen molar-refractivity contribution in [3.63, 3.8) is 0 Å². The molecule has 0 aliphatic carbocycles. The van der Waals surface area contributed by atoms with E-state index in [0.717, 1.165) is 25.1 Å². The number of rotatable bonds is 6. The van der Waals surface area contributed by atoms with E-state index in [1.165, 1.54) is 6.42 Å². The van der Waals surface area contributed by atoms with Crippen molar-refractivity contribution >= 4 is 11.6 Å². The molecule has 1 unspecified atom stereocenters. The molecule has 0 rings (SSSR count). The lowest BCUT2D eigenvalue weighted by Crippen LogP contribution is -2.08. The predicted molar refractivity (Wildman–Crippen MR) is 45.7 cm³/mol. The number of hydrogen-bond acceptors (Lipinski definition) is 1. The maximum Gasteiger partial charge on any atom is 0.0568 e. The number of alkyl halides is 1. The Hall–Kier alpha value is 0.250. The highest BCUT2D eigenvalue weighted by molar-refractivity contribution is 6.17. The molecule has 0 aliphatic heterocycles. The van der Waals surface area contributed by atoms with Crippen molar-refractivity contribution in [3.8, 4) is 0 Å². The molecule has 0 radical (unpaired) electrons. The highest BCUT2D eigenvalue weighted by Crippen LogP contribution is 2.07. The molecule has 0 N–H and O–H groups in total. The number of halogens is 1. The highest BCUT2D eigenvalue weighted by Gasteiger charge is 2.01. The summed E-state index contributed by atoms with van der Waals surface area (Å²) in [5.41, 5.74) is 0. The van der Waals surface area contributed by atoms with Crippen LogP contribution < -0.4 is 0 Å². The Kier molecular flexibility index (Phi) is 7.54. The van der Waals surface area contributed by atoms with Gasteiger partial charge in [-0.15, -0.1) is 11.6 Å². The van der Waals surface area contributed by atoms with Crippen LogP contribution in [0, 0.1) is 0 Å². The first-order chi connectivity index (χ1) is 4.85. The lowest BCUT2D eigenvalue weighted by atomic mass is 10.1. The van der Waals surface area contributed by atoms with Crippen LogP contribution in [0.4, 0.5) is 0 Å². The molecule has 0 amide bonds. The summed E-state index contributed by atoms with van der Waals surface area (Å²) < 4.78 is 5.20.